The summed E-state index contributed by atoms with van der Waals surface area (Å²) in [6.45, 7) is 5.09. The van der Waals surface area contributed by atoms with Gasteiger partial charge in [-0.05, 0) is 32.4 Å². The maximum absolute atomic E-state index is 12.4. The Morgan fingerprint density at radius 1 is 1.37 bits per heavy atom. The van der Waals surface area contributed by atoms with Crippen molar-refractivity contribution < 1.29 is 14.1 Å². The van der Waals surface area contributed by atoms with Gasteiger partial charge in [0, 0.05) is 31.0 Å². The number of likely N-dealkylation sites (N-methyl/N-ethyl adjacent to an activating group) is 1. The summed E-state index contributed by atoms with van der Waals surface area (Å²) >= 11 is 0. The molecule has 2 N–H and O–H groups in total. The number of carbonyl (C=O) groups is 2. The summed E-state index contributed by atoms with van der Waals surface area (Å²) in [7, 11) is 0. The maximum atomic E-state index is 12.4. The van der Waals surface area contributed by atoms with Gasteiger partial charge in [0.1, 0.15) is 0 Å². The standard InChI is InChI=1S/C18H24N6O3/c1-3-19-18(26)15-8-14(10-24(15)11-17-21-12(2)23-27-17)22-16(25)9-13-6-4-5-7-20-13/h4-7,14-15H,3,8-11H2,1-2H3,(H,19,26)(H,22,25)/t14-,15-/m0/s1. The minimum atomic E-state index is -0.350. The van der Waals surface area contributed by atoms with Crippen LogP contribution in [-0.2, 0) is 22.6 Å². The molecule has 2 aromatic heterocycles. The fourth-order valence-electron chi connectivity index (χ4n) is 3.27. The van der Waals surface area contributed by atoms with Gasteiger partial charge in [-0.2, -0.15) is 4.98 Å². The van der Waals surface area contributed by atoms with E-state index < -0.39 is 0 Å². The van der Waals surface area contributed by atoms with Crippen molar-refractivity contribution in [3.8, 4) is 0 Å². The van der Waals surface area contributed by atoms with Crippen molar-refractivity contribution in [1.82, 2.24) is 30.7 Å². The van der Waals surface area contributed by atoms with Crippen molar-refractivity contribution >= 4 is 11.8 Å². The Labute approximate surface area is 157 Å². The Bertz CT molecular complexity index is 778. The summed E-state index contributed by atoms with van der Waals surface area (Å²) in [6, 6.07) is 5.00. The maximum Gasteiger partial charge on any atom is 0.240 e. The number of rotatable bonds is 7. The van der Waals surface area contributed by atoms with Gasteiger partial charge >= 0.3 is 0 Å². The second-order valence-electron chi connectivity index (χ2n) is 6.57. The van der Waals surface area contributed by atoms with E-state index in [0.29, 0.717) is 43.5 Å². The van der Waals surface area contributed by atoms with Crippen LogP contribution < -0.4 is 10.6 Å². The highest BCUT2D eigenvalue weighted by molar-refractivity contribution is 5.83. The predicted octanol–water partition coefficient (Wildman–Crippen LogP) is 0.211. The largest absolute Gasteiger partial charge is 0.355 e. The summed E-state index contributed by atoms with van der Waals surface area (Å²) in [5.41, 5.74) is 0.714. The van der Waals surface area contributed by atoms with E-state index in [1.54, 1.807) is 13.1 Å². The lowest BCUT2D eigenvalue weighted by molar-refractivity contribution is -0.125. The second-order valence-corrected chi connectivity index (χ2v) is 6.57. The molecule has 9 heteroatoms. The Morgan fingerprint density at radius 3 is 2.89 bits per heavy atom. The van der Waals surface area contributed by atoms with Crippen LogP contribution in [0.2, 0.25) is 0 Å². The first-order chi connectivity index (χ1) is 13.0. The van der Waals surface area contributed by atoms with E-state index in [2.05, 4.69) is 25.8 Å². The molecular weight excluding hydrogens is 348 g/mol. The first kappa shape index (κ1) is 19.0. The molecule has 0 spiro atoms. The molecule has 2 atom stereocenters. The van der Waals surface area contributed by atoms with Gasteiger partial charge in [-0.15, -0.1) is 0 Å². The van der Waals surface area contributed by atoms with E-state index in [4.69, 9.17) is 4.52 Å². The average Bonchev–Trinajstić information content (AvgIpc) is 3.22. The molecule has 0 saturated carbocycles. The summed E-state index contributed by atoms with van der Waals surface area (Å²) in [4.78, 5) is 35.1. The summed E-state index contributed by atoms with van der Waals surface area (Å²) in [6.07, 6.45) is 2.41. The van der Waals surface area contributed by atoms with Crippen LogP contribution in [0.3, 0.4) is 0 Å². The third-order valence-corrected chi connectivity index (χ3v) is 4.40. The number of pyridine rings is 1. The zero-order valence-corrected chi connectivity index (χ0v) is 15.5. The molecule has 3 heterocycles. The molecule has 1 saturated heterocycles. The minimum Gasteiger partial charge on any atom is -0.355 e. The quantitative estimate of drug-likeness (QED) is 0.714. The van der Waals surface area contributed by atoms with Crippen molar-refractivity contribution in [1.29, 1.82) is 0 Å². The Balaban J connectivity index is 1.62. The molecule has 0 bridgehead atoms. The van der Waals surface area contributed by atoms with Crippen LogP contribution in [0.15, 0.2) is 28.9 Å². The van der Waals surface area contributed by atoms with Crippen LogP contribution in [0.25, 0.3) is 0 Å². The lowest BCUT2D eigenvalue weighted by Gasteiger charge is -2.21. The molecule has 1 fully saturated rings. The predicted molar refractivity (Wildman–Crippen MR) is 96.4 cm³/mol. The van der Waals surface area contributed by atoms with E-state index in [1.807, 2.05) is 30.0 Å². The monoisotopic (exact) mass is 372 g/mol. The van der Waals surface area contributed by atoms with Gasteiger partial charge in [-0.3, -0.25) is 19.5 Å². The molecule has 144 valence electrons. The SMILES string of the molecule is CCNC(=O)[C@@H]1C[C@H](NC(=O)Cc2ccccn2)CN1Cc1nc(C)no1. The summed E-state index contributed by atoms with van der Waals surface area (Å²) in [5, 5.41) is 9.65. The fraction of sp³-hybridized carbons (Fsp3) is 0.500. The van der Waals surface area contributed by atoms with E-state index in [0.717, 1.165) is 0 Å². The van der Waals surface area contributed by atoms with Crippen LogP contribution in [-0.4, -0.2) is 57.0 Å². The number of amides is 2. The first-order valence-electron chi connectivity index (χ1n) is 9.05. The highest BCUT2D eigenvalue weighted by atomic mass is 16.5. The lowest BCUT2D eigenvalue weighted by Crippen LogP contribution is -2.42. The minimum absolute atomic E-state index is 0.0600. The van der Waals surface area contributed by atoms with Crippen molar-refractivity contribution in [2.75, 3.05) is 13.1 Å². The van der Waals surface area contributed by atoms with Crippen molar-refractivity contribution in [2.24, 2.45) is 0 Å². The van der Waals surface area contributed by atoms with Gasteiger partial charge in [-0.25, -0.2) is 0 Å². The molecule has 9 nitrogen and oxygen atoms in total. The average molecular weight is 372 g/mol. The highest BCUT2D eigenvalue weighted by Gasteiger charge is 2.38. The number of carbonyl (C=O) groups excluding carboxylic acids is 2. The Hall–Kier alpha value is -2.81. The molecule has 3 rings (SSSR count). The lowest BCUT2D eigenvalue weighted by atomic mass is 10.1. The van der Waals surface area contributed by atoms with E-state index in [9.17, 15) is 9.59 Å². The smallest absolute Gasteiger partial charge is 0.240 e. The summed E-state index contributed by atoms with van der Waals surface area (Å²) in [5.74, 6) is 0.847. The fourth-order valence-corrected chi connectivity index (χ4v) is 3.27. The number of nitrogens with one attached hydrogen (secondary N) is 2. The number of aryl methyl sites for hydroxylation is 1. The molecular formula is C18H24N6O3. The van der Waals surface area contributed by atoms with E-state index in [-0.39, 0.29) is 30.3 Å². The number of nitrogens with zero attached hydrogens (tertiary/aromatic N) is 4. The van der Waals surface area contributed by atoms with E-state index >= 15 is 0 Å². The molecule has 0 aromatic carbocycles. The zero-order chi connectivity index (χ0) is 19.2. The zero-order valence-electron chi connectivity index (χ0n) is 15.5. The van der Waals surface area contributed by atoms with Gasteiger partial charge in [0.2, 0.25) is 17.7 Å². The van der Waals surface area contributed by atoms with Crippen LogP contribution >= 0.6 is 0 Å². The van der Waals surface area contributed by atoms with Gasteiger partial charge in [0.15, 0.2) is 5.82 Å². The van der Waals surface area contributed by atoms with Gasteiger partial charge in [0.25, 0.3) is 0 Å². The third-order valence-electron chi connectivity index (χ3n) is 4.40. The Kier molecular flexibility index (Phi) is 6.12. The van der Waals surface area contributed by atoms with Crippen LogP contribution in [0.5, 0.6) is 0 Å². The molecule has 0 radical (unpaired) electrons. The summed E-state index contributed by atoms with van der Waals surface area (Å²) < 4.78 is 5.18. The number of aromatic nitrogens is 3. The van der Waals surface area contributed by atoms with Crippen LogP contribution in [0.4, 0.5) is 0 Å². The normalized spacial score (nSPS) is 19.8. The van der Waals surface area contributed by atoms with Crippen molar-refractivity contribution in [3.05, 3.63) is 41.8 Å². The van der Waals surface area contributed by atoms with Crippen LogP contribution in [0, 0.1) is 6.92 Å². The van der Waals surface area contributed by atoms with Crippen molar-refractivity contribution in [2.45, 2.75) is 45.3 Å². The topological polar surface area (TPSA) is 113 Å². The number of hydrogen-bond donors (Lipinski definition) is 2. The van der Waals surface area contributed by atoms with Crippen molar-refractivity contribution in [3.63, 3.8) is 0 Å². The molecule has 2 aromatic rings. The number of likely N-dealkylation sites (tertiary alicyclic amines) is 1. The van der Waals surface area contributed by atoms with Gasteiger partial charge in [-0.1, -0.05) is 11.2 Å². The van der Waals surface area contributed by atoms with Gasteiger partial charge in [0.05, 0.1) is 19.0 Å². The first-order valence-corrected chi connectivity index (χ1v) is 9.05. The molecule has 2 amide bonds. The molecule has 27 heavy (non-hydrogen) atoms. The van der Waals surface area contributed by atoms with E-state index in [1.165, 1.54) is 0 Å². The van der Waals surface area contributed by atoms with Gasteiger partial charge < -0.3 is 15.2 Å². The molecule has 1 aliphatic heterocycles. The molecule has 0 unspecified atom stereocenters. The molecule has 0 aliphatic carbocycles. The second kappa shape index (κ2) is 8.72. The highest BCUT2D eigenvalue weighted by Crippen LogP contribution is 2.21. The Morgan fingerprint density at radius 2 is 2.22 bits per heavy atom. The molecule has 1 aliphatic rings. The third kappa shape index (κ3) is 5.10. The van der Waals surface area contributed by atoms with Crippen LogP contribution in [0.1, 0.15) is 30.8 Å². The number of hydrogen-bond acceptors (Lipinski definition) is 7.